The van der Waals surface area contributed by atoms with E-state index in [2.05, 4.69) is 20.3 Å². The number of nitrogens with zero attached hydrogens (tertiary/aromatic N) is 7. The number of primary amides is 1. The lowest BCUT2D eigenvalue weighted by Gasteiger charge is -2.34. The molecule has 1 saturated heterocycles. The Labute approximate surface area is 193 Å². The van der Waals surface area contributed by atoms with Crippen molar-refractivity contribution >= 4 is 28.8 Å². The highest BCUT2D eigenvalue weighted by molar-refractivity contribution is 5.96. The van der Waals surface area contributed by atoms with Gasteiger partial charge in [-0.1, -0.05) is 5.21 Å². The number of halogens is 2. The maximum atomic E-state index is 12.6. The van der Waals surface area contributed by atoms with Crippen molar-refractivity contribution in [2.75, 3.05) is 44.3 Å². The first kappa shape index (κ1) is 23.4. The van der Waals surface area contributed by atoms with Crippen LogP contribution in [0.3, 0.4) is 0 Å². The van der Waals surface area contributed by atoms with Crippen molar-refractivity contribution in [2.45, 2.75) is 19.4 Å². The molecule has 3 aromatic rings. The van der Waals surface area contributed by atoms with E-state index in [-0.39, 0.29) is 24.5 Å². The number of piperazine rings is 1. The lowest BCUT2D eigenvalue weighted by molar-refractivity contribution is -0.132. The Morgan fingerprint density at radius 1 is 1.09 bits per heavy atom. The van der Waals surface area contributed by atoms with Gasteiger partial charge in [-0.05, 0) is 18.2 Å². The fraction of sp³-hybridized carbons (Fsp3) is 0.429. The number of hydrogen-bond acceptors (Lipinski definition) is 8. The zero-order valence-corrected chi connectivity index (χ0v) is 18.3. The molecule has 34 heavy (non-hydrogen) atoms. The smallest absolute Gasteiger partial charge is 0.266 e. The summed E-state index contributed by atoms with van der Waals surface area (Å²) >= 11 is 0. The lowest BCUT2D eigenvalue weighted by atomic mass is 10.2. The number of alkyl halides is 2. The number of benzene rings is 1. The molecule has 0 radical (unpaired) electrons. The molecule has 0 aliphatic carbocycles. The number of anilines is 1. The number of carbonyl (C=O) groups is 2. The summed E-state index contributed by atoms with van der Waals surface area (Å²) in [7, 11) is 0. The normalized spacial score (nSPS) is 14.2. The molecule has 0 spiro atoms. The predicted molar refractivity (Wildman–Crippen MR) is 117 cm³/mol. The molecule has 1 aliphatic heterocycles. The zero-order chi connectivity index (χ0) is 24.1. The molecule has 0 bridgehead atoms. The van der Waals surface area contributed by atoms with E-state index in [4.69, 9.17) is 10.5 Å². The summed E-state index contributed by atoms with van der Waals surface area (Å²) in [6.07, 6.45) is -0.110. The molecule has 11 nitrogen and oxygen atoms in total. The van der Waals surface area contributed by atoms with Crippen LogP contribution in [0.15, 0.2) is 30.6 Å². The number of rotatable bonds is 9. The Morgan fingerprint density at radius 3 is 2.50 bits per heavy atom. The molecule has 0 atom stereocenters. The summed E-state index contributed by atoms with van der Waals surface area (Å²) in [5, 5.41) is 8.10. The fourth-order valence-electron chi connectivity index (χ4n) is 3.62. The maximum absolute atomic E-state index is 12.6. The van der Waals surface area contributed by atoms with Gasteiger partial charge in [-0.25, -0.2) is 23.4 Å². The summed E-state index contributed by atoms with van der Waals surface area (Å²) in [6, 6.07) is 4.92. The van der Waals surface area contributed by atoms with Gasteiger partial charge in [-0.15, -0.1) is 5.10 Å². The van der Waals surface area contributed by atoms with Gasteiger partial charge >= 0.3 is 0 Å². The van der Waals surface area contributed by atoms with Crippen LogP contribution in [-0.2, 0) is 16.1 Å². The molecule has 3 heterocycles. The molecule has 0 saturated carbocycles. The van der Waals surface area contributed by atoms with E-state index in [1.54, 1.807) is 27.8 Å². The average Bonchev–Trinajstić information content (AvgIpc) is 3.26. The van der Waals surface area contributed by atoms with Gasteiger partial charge in [-0.3, -0.25) is 9.59 Å². The van der Waals surface area contributed by atoms with Gasteiger partial charge < -0.3 is 20.3 Å². The highest BCUT2D eigenvalue weighted by Crippen LogP contribution is 2.19. The van der Waals surface area contributed by atoms with Crippen LogP contribution in [-0.4, -0.2) is 81.1 Å². The summed E-state index contributed by atoms with van der Waals surface area (Å²) in [5.41, 5.74) is 6.81. The van der Waals surface area contributed by atoms with Crippen molar-refractivity contribution in [3.63, 3.8) is 0 Å². The Bertz CT molecular complexity index is 1150. The Balaban J connectivity index is 1.18. The fourth-order valence-corrected chi connectivity index (χ4v) is 3.62. The highest BCUT2D eigenvalue weighted by atomic mass is 19.3. The van der Waals surface area contributed by atoms with Gasteiger partial charge in [0, 0.05) is 44.1 Å². The van der Waals surface area contributed by atoms with E-state index in [0.29, 0.717) is 61.9 Å². The van der Waals surface area contributed by atoms with E-state index in [9.17, 15) is 18.4 Å². The van der Waals surface area contributed by atoms with Crippen molar-refractivity contribution < 1.29 is 23.1 Å². The Hall–Kier alpha value is -3.74. The first-order chi connectivity index (χ1) is 16.4. The van der Waals surface area contributed by atoms with Gasteiger partial charge in [-0.2, -0.15) is 0 Å². The predicted octanol–water partition coefficient (Wildman–Crippen LogP) is 1.01. The van der Waals surface area contributed by atoms with Crippen LogP contribution in [0.1, 0.15) is 28.8 Å². The van der Waals surface area contributed by atoms with Crippen LogP contribution in [0, 0.1) is 0 Å². The van der Waals surface area contributed by atoms with Crippen molar-refractivity contribution in [3.8, 4) is 0 Å². The third-order valence-electron chi connectivity index (χ3n) is 5.53. The molecular formula is C21H24F2N8O3. The maximum Gasteiger partial charge on any atom is 0.266 e. The molecule has 180 valence electrons. The summed E-state index contributed by atoms with van der Waals surface area (Å²) in [6.45, 7) is 3.02. The second kappa shape index (κ2) is 10.5. The molecule has 2 amide bonds. The minimum absolute atomic E-state index is 0.0223. The molecule has 13 heteroatoms. The van der Waals surface area contributed by atoms with Crippen LogP contribution in [0.4, 0.5) is 14.7 Å². The lowest BCUT2D eigenvalue weighted by Crippen LogP contribution is -2.49. The quantitative estimate of drug-likeness (QED) is 0.455. The van der Waals surface area contributed by atoms with Crippen LogP contribution in [0.25, 0.3) is 11.0 Å². The number of amides is 2. The summed E-state index contributed by atoms with van der Waals surface area (Å²) in [4.78, 5) is 35.4. The van der Waals surface area contributed by atoms with Gasteiger partial charge in [0.05, 0.1) is 37.3 Å². The molecular weight excluding hydrogens is 450 g/mol. The minimum atomic E-state index is -2.60. The second-order valence-electron chi connectivity index (χ2n) is 7.73. The largest absolute Gasteiger partial charge is 0.379 e. The number of carbonyl (C=O) groups excluding carboxylic acids is 2. The number of hydrogen-bond donors (Lipinski definition) is 1. The Morgan fingerprint density at radius 2 is 1.82 bits per heavy atom. The molecule has 0 unspecified atom stereocenters. The highest BCUT2D eigenvalue weighted by Gasteiger charge is 2.22. The van der Waals surface area contributed by atoms with Gasteiger partial charge in [0.15, 0.2) is 0 Å². The van der Waals surface area contributed by atoms with Gasteiger partial charge in [0.2, 0.25) is 17.8 Å². The van der Waals surface area contributed by atoms with Crippen LogP contribution < -0.4 is 10.6 Å². The monoisotopic (exact) mass is 474 g/mol. The van der Waals surface area contributed by atoms with Crippen molar-refractivity contribution in [3.05, 3.63) is 41.7 Å². The molecule has 1 aromatic carbocycles. The number of fused-ring (bicyclic) bond motifs is 1. The van der Waals surface area contributed by atoms with Gasteiger partial charge in [0.1, 0.15) is 5.52 Å². The molecule has 1 aliphatic rings. The van der Waals surface area contributed by atoms with Crippen molar-refractivity contribution in [2.24, 2.45) is 5.73 Å². The average molecular weight is 474 g/mol. The summed E-state index contributed by atoms with van der Waals surface area (Å²) in [5.74, 6) is -0.170. The third-order valence-corrected chi connectivity index (χ3v) is 5.53. The number of nitrogens with two attached hydrogens (primary N) is 1. The molecule has 2 N–H and O–H groups in total. The van der Waals surface area contributed by atoms with Crippen LogP contribution in [0.2, 0.25) is 0 Å². The van der Waals surface area contributed by atoms with E-state index < -0.39 is 12.3 Å². The van der Waals surface area contributed by atoms with Crippen LogP contribution in [0.5, 0.6) is 0 Å². The molecule has 4 rings (SSSR count). The first-order valence-electron chi connectivity index (χ1n) is 10.8. The van der Waals surface area contributed by atoms with Gasteiger partial charge in [0.25, 0.3) is 6.43 Å². The number of aromatic nitrogens is 5. The SMILES string of the molecule is NC(=O)c1ccc2nnn(CCOCCC(=O)N3CCN(c4ncc(C(F)F)cn4)CC3)c2c1. The molecule has 1 fully saturated rings. The zero-order valence-electron chi connectivity index (χ0n) is 18.3. The van der Waals surface area contributed by atoms with Crippen molar-refractivity contribution in [1.82, 2.24) is 29.9 Å². The third kappa shape index (κ3) is 5.42. The second-order valence-corrected chi connectivity index (χ2v) is 7.73. The topological polar surface area (TPSA) is 132 Å². The van der Waals surface area contributed by atoms with E-state index in [1.807, 2.05) is 4.90 Å². The molecule has 2 aromatic heterocycles. The Kier molecular flexibility index (Phi) is 7.21. The minimum Gasteiger partial charge on any atom is -0.379 e. The first-order valence-corrected chi connectivity index (χ1v) is 10.8. The summed E-state index contributed by atoms with van der Waals surface area (Å²) < 4.78 is 32.5. The van der Waals surface area contributed by atoms with E-state index in [0.717, 1.165) is 12.4 Å². The van der Waals surface area contributed by atoms with Crippen LogP contribution >= 0.6 is 0 Å². The van der Waals surface area contributed by atoms with E-state index in [1.165, 1.54) is 0 Å². The van der Waals surface area contributed by atoms with Crippen molar-refractivity contribution in [1.29, 1.82) is 0 Å². The number of ether oxygens (including phenoxy) is 1. The standard InChI is InChI=1S/C21H24F2N8O3/c22-19(23)15-12-25-21(26-13-15)30-6-4-29(5-7-30)18(32)3-9-34-10-8-31-17-11-14(20(24)33)1-2-16(17)27-28-31/h1-2,11-13,19H,3-10H2,(H2,24,33). The van der Waals surface area contributed by atoms with E-state index >= 15 is 0 Å².